The molecule has 0 saturated carbocycles. The number of pyridine rings is 2. The maximum absolute atomic E-state index is 9.08. The summed E-state index contributed by atoms with van der Waals surface area (Å²) >= 11 is 0. The summed E-state index contributed by atoms with van der Waals surface area (Å²) in [4.78, 5) is 11.6. The Kier molecular flexibility index (Phi) is 8.28. The first kappa shape index (κ1) is 23.5. The third-order valence-corrected chi connectivity index (χ3v) is 5.28. The van der Waals surface area contributed by atoms with Gasteiger partial charge < -0.3 is 9.97 Å². The summed E-state index contributed by atoms with van der Waals surface area (Å²) in [6.45, 7) is 4.82. The normalized spacial score (nSPS) is 10.9. The Morgan fingerprint density at radius 1 is 0.868 bits per heavy atom. The van der Waals surface area contributed by atoms with Crippen LogP contribution in [0.1, 0.15) is 20.8 Å². The predicted octanol–water partition coefficient (Wildman–Crippen LogP) is 7.36. The summed E-state index contributed by atoms with van der Waals surface area (Å²) in [5, 5.41) is 18.1. The van der Waals surface area contributed by atoms with E-state index in [1.165, 1.54) is 35.5 Å². The van der Waals surface area contributed by atoms with Crippen LogP contribution in [0.4, 0.5) is 5.69 Å². The monoisotopic (exact) mass is 669 g/mol. The molecule has 2 aromatic heterocycles. The van der Waals surface area contributed by atoms with Gasteiger partial charge in [0.2, 0.25) is 0 Å². The van der Waals surface area contributed by atoms with E-state index in [4.69, 9.17) is 21.2 Å². The van der Waals surface area contributed by atoms with Crippen LogP contribution in [-0.2, 0) is 20.1 Å². The summed E-state index contributed by atoms with van der Waals surface area (Å²) in [6.07, 6.45) is 3.07. The summed E-state index contributed by atoms with van der Waals surface area (Å²) < 4.78 is 21.9. The van der Waals surface area contributed by atoms with Gasteiger partial charge in [-0.1, -0.05) is 48.5 Å². The Labute approximate surface area is 240 Å². The van der Waals surface area contributed by atoms with Crippen LogP contribution in [0.15, 0.2) is 97.3 Å². The second-order valence-electron chi connectivity index (χ2n) is 7.66. The number of hydrogen-bond acceptors (Lipinski definition) is 4. The van der Waals surface area contributed by atoms with Gasteiger partial charge in [-0.15, -0.1) is 53.6 Å². The number of rotatable bonds is 3. The molecule has 0 aliphatic carbocycles. The van der Waals surface area contributed by atoms with Gasteiger partial charge in [0.05, 0.1) is 12.6 Å². The SMILES string of the molecule is [2H]C([2H])([2H])c1ccc(-c2[c-]c([N+]#[C-])c(C#N)c(C#N)c2)nc1.[Ir].[c-]1ccccc1-c1cc(-c2ccccc2)ccn1. The molecule has 5 aromatic rings. The smallest absolute Gasteiger partial charge is 0.124 e. The molecule has 0 N–H and O–H groups in total. The molecule has 0 saturated heterocycles. The fourth-order valence-electron chi connectivity index (χ4n) is 3.49. The number of nitriles is 2. The molecule has 0 aliphatic heterocycles. The first-order valence-electron chi connectivity index (χ1n) is 12.6. The third-order valence-electron chi connectivity index (χ3n) is 5.28. The van der Waals surface area contributed by atoms with Crippen LogP contribution in [0, 0.1) is 48.2 Å². The van der Waals surface area contributed by atoms with Crippen molar-refractivity contribution in [1.82, 2.24) is 9.97 Å². The van der Waals surface area contributed by atoms with E-state index in [-0.39, 0.29) is 42.5 Å². The van der Waals surface area contributed by atoms with Crippen LogP contribution in [-0.4, -0.2) is 9.97 Å². The van der Waals surface area contributed by atoms with Gasteiger partial charge >= 0.3 is 0 Å². The average molecular weight is 669 g/mol. The van der Waals surface area contributed by atoms with Crippen molar-refractivity contribution in [1.29, 1.82) is 10.5 Å². The van der Waals surface area contributed by atoms with Crippen molar-refractivity contribution < 1.29 is 24.2 Å². The number of aromatic nitrogens is 2. The van der Waals surface area contributed by atoms with Crippen LogP contribution in [0.5, 0.6) is 0 Å². The molecule has 38 heavy (non-hydrogen) atoms. The summed E-state index contributed by atoms with van der Waals surface area (Å²) in [5.74, 6) is 0. The number of nitrogens with zero attached hydrogens (tertiary/aromatic N) is 5. The van der Waals surface area contributed by atoms with Crippen molar-refractivity contribution in [2.24, 2.45) is 0 Å². The van der Waals surface area contributed by atoms with Crippen molar-refractivity contribution in [3.8, 4) is 45.8 Å². The minimum absolute atomic E-state index is 0. The van der Waals surface area contributed by atoms with Crippen molar-refractivity contribution in [2.75, 3.05) is 0 Å². The van der Waals surface area contributed by atoms with Crippen LogP contribution < -0.4 is 0 Å². The van der Waals surface area contributed by atoms with E-state index in [0.29, 0.717) is 11.3 Å². The zero-order chi connectivity index (χ0) is 28.5. The quantitative estimate of drug-likeness (QED) is 0.188. The summed E-state index contributed by atoms with van der Waals surface area (Å²) in [7, 11) is 0. The first-order chi connectivity index (χ1) is 19.3. The van der Waals surface area contributed by atoms with Crippen molar-refractivity contribution in [2.45, 2.75) is 6.85 Å². The van der Waals surface area contributed by atoms with Crippen LogP contribution >= 0.6 is 0 Å². The Morgan fingerprint density at radius 3 is 2.32 bits per heavy atom. The molecule has 1 radical (unpaired) electrons. The number of aryl methyl sites for hydroxylation is 1. The van der Waals surface area contributed by atoms with Gasteiger partial charge in [-0.25, -0.2) is 5.26 Å². The topological polar surface area (TPSA) is 77.7 Å². The molecule has 0 bridgehead atoms. The zero-order valence-electron chi connectivity index (χ0n) is 22.8. The molecule has 0 aliphatic rings. The van der Waals surface area contributed by atoms with Gasteiger partial charge in [0.25, 0.3) is 0 Å². The molecule has 0 spiro atoms. The minimum Gasteiger partial charge on any atom is -0.305 e. The number of hydrogen-bond donors (Lipinski definition) is 0. The van der Waals surface area contributed by atoms with Gasteiger partial charge in [-0.05, 0) is 52.1 Å². The fourth-order valence-corrected chi connectivity index (χ4v) is 3.49. The summed E-state index contributed by atoms with van der Waals surface area (Å²) in [5.41, 5.74) is 5.16. The average Bonchev–Trinajstić information content (AvgIpc) is 3.01. The molecule has 5 nitrogen and oxygen atoms in total. The first-order valence-corrected chi connectivity index (χ1v) is 11.1. The van der Waals surface area contributed by atoms with Gasteiger partial charge in [-0.2, -0.15) is 5.26 Å². The van der Waals surface area contributed by atoms with E-state index in [1.54, 1.807) is 0 Å². The van der Waals surface area contributed by atoms with Crippen LogP contribution in [0.25, 0.3) is 38.5 Å². The van der Waals surface area contributed by atoms with E-state index in [0.717, 1.165) is 11.3 Å². The van der Waals surface area contributed by atoms with Gasteiger partial charge in [0, 0.05) is 42.7 Å². The molecule has 0 atom stereocenters. The molecule has 0 unspecified atom stereocenters. The predicted molar refractivity (Wildman–Crippen MR) is 143 cm³/mol. The molecule has 5 rings (SSSR count). The molecular formula is C32H19IrN5-2. The molecule has 0 fully saturated rings. The van der Waals surface area contributed by atoms with Crippen LogP contribution in [0.2, 0.25) is 0 Å². The Balaban J connectivity index is 0.000000224. The minimum atomic E-state index is -2.25. The van der Waals surface area contributed by atoms with E-state index in [1.807, 2.05) is 66.9 Å². The zero-order valence-corrected chi connectivity index (χ0v) is 22.2. The van der Waals surface area contributed by atoms with Crippen LogP contribution in [0.3, 0.4) is 0 Å². The molecule has 2 heterocycles. The second kappa shape index (κ2) is 13.4. The number of benzene rings is 3. The molecule has 183 valence electrons. The molecular weight excluding hydrogens is 647 g/mol. The Hall–Kier alpha value is -4.92. The van der Waals surface area contributed by atoms with Crippen molar-refractivity contribution >= 4 is 5.69 Å². The maximum atomic E-state index is 9.08. The fraction of sp³-hybridized carbons (Fsp3) is 0.0312. The standard InChI is InChI=1S/C17H12N.C15H7N4.Ir/c1-3-7-14(8-4-1)16-11-12-18-17(13-16)15-9-5-2-6-10-15;1-10-3-4-14(19-9-10)11-5-12(7-16)13(8-17)15(6-11)18-2;/h1-9,11-13H;3-5,9H,1H3;/q2*-1;/i;1D3;. The van der Waals surface area contributed by atoms with E-state index in [9.17, 15) is 0 Å². The molecule has 3 aromatic carbocycles. The summed E-state index contributed by atoms with van der Waals surface area (Å²) in [6, 6.07) is 36.3. The van der Waals surface area contributed by atoms with Crippen molar-refractivity contribution in [3.05, 3.63) is 138 Å². The maximum Gasteiger partial charge on any atom is 0.124 e. The molecule has 0 amide bonds. The van der Waals surface area contributed by atoms with Gasteiger partial charge in [-0.3, -0.25) is 4.85 Å². The van der Waals surface area contributed by atoms with E-state index < -0.39 is 6.85 Å². The van der Waals surface area contributed by atoms with E-state index in [2.05, 4.69) is 45.1 Å². The van der Waals surface area contributed by atoms with E-state index >= 15 is 0 Å². The Morgan fingerprint density at radius 2 is 1.68 bits per heavy atom. The van der Waals surface area contributed by atoms with Gasteiger partial charge in [0.1, 0.15) is 5.69 Å². The second-order valence-corrected chi connectivity index (χ2v) is 7.66. The third kappa shape index (κ3) is 6.64. The Bertz CT molecular complexity index is 1660. The van der Waals surface area contributed by atoms with Crippen molar-refractivity contribution in [3.63, 3.8) is 0 Å². The van der Waals surface area contributed by atoms with Gasteiger partial charge in [0.15, 0.2) is 0 Å². The molecule has 6 heteroatoms. The largest absolute Gasteiger partial charge is 0.305 e.